The van der Waals surface area contributed by atoms with Gasteiger partial charge in [-0.2, -0.15) is 0 Å². The van der Waals surface area contributed by atoms with E-state index in [1.54, 1.807) is 0 Å². The van der Waals surface area contributed by atoms with Crippen LogP contribution in [0.2, 0.25) is 0 Å². The zero-order valence-electron chi connectivity index (χ0n) is 28.8. The maximum absolute atomic E-state index is 13.2. The Hall–Kier alpha value is -5.44. The SMILES string of the molecule is CC(C)C[C@H](CC(=O)Cc1ccc(-c2ccccc2)cc1)C(=O)NC(C)C(=O)C(=O)NCC(=O)C[C@@H](Cc1ccc2ccccc2c1)C(N)=O. The lowest BCUT2D eigenvalue weighted by molar-refractivity contribution is -0.141. The Morgan fingerprint density at radius 3 is 1.92 bits per heavy atom. The van der Waals surface area contributed by atoms with Gasteiger partial charge in [0.05, 0.1) is 12.6 Å². The number of benzene rings is 4. The summed E-state index contributed by atoms with van der Waals surface area (Å²) < 4.78 is 0. The number of hydrogen-bond acceptors (Lipinski definition) is 6. The summed E-state index contributed by atoms with van der Waals surface area (Å²) in [6, 6.07) is 30.0. The van der Waals surface area contributed by atoms with Crippen LogP contribution in [-0.4, -0.2) is 47.7 Å². The molecule has 0 heterocycles. The molecule has 260 valence electrons. The number of nitrogens with one attached hydrogen (secondary N) is 2. The average molecular weight is 676 g/mol. The van der Waals surface area contributed by atoms with E-state index in [2.05, 4.69) is 10.6 Å². The maximum Gasteiger partial charge on any atom is 0.289 e. The van der Waals surface area contributed by atoms with Crippen LogP contribution < -0.4 is 16.4 Å². The van der Waals surface area contributed by atoms with Gasteiger partial charge in [-0.1, -0.05) is 111 Å². The minimum Gasteiger partial charge on any atom is -0.369 e. The molecule has 4 N–H and O–H groups in total. The number of amides is 3. The zero-order valence-corrected chi connectivity index (χ0v) is 28.8. The van der Waals surface area contributed by atoms with Gasteiger partial charge < -0.3 is 16.4 Å². The van der Waals surface area contributed by atoms with Crippen LogP contribution in [0, 0.1) is 17.8 Å². The van der Waals surface area contributed by atoms with Gasteiger partial charge in [-0.3, -0.25) is 28.8 Å². The second kappa shape index (κ2) is 17.8. The smallest absolute Gasteiger partial charge is 0.289 e. The summed E-state index contributed by atoms with van der Waals surface area (Å²) in [6.45, 7) is 4.80. The topological polar surface area (TPSA) is 152 Å². The predicted octanol–water partition coefficient (Wildman–Crippen LogP) is 5.16. The molecule has 4 rings (SSSR count). The normalized spacial score (nSPS) is 12.9. The molecule has 0 aliphatic heterocycles. The van der Waals surface area contributed by atoms with E-state index < -0.39 is 53.7 Å². The number of rotatable bonds is 18. The summed E-state index contributed by atoms with van der Waals surface area (Å²) in [5.41, 5.74) is 9.39. The Kier molecular flexibility index (Phi) is 13.3. The number of ketones is 3. The van der Waals surface area contributed by atoms with Crippen LogP contribution in [-0.2, 0) is 41.6 Å². The largest absolute Gasteiger partial charge is 0.369 e. The first kappa shape index (κ1) is 37.4. The predicted molar refractivity (Wildman–Crippen MR) is 194 cm³/mol. The Morgan fingerprint density at radius 1 is 0.660 bits per heavy atom. The lowest BCUT2D eigenvalue weighted by Crippen LogP contribution is -2.48. The number of carbonyl (C=O) groups is 6. The van der Waals surface area contributed by atoms with Crippen LogP contribution in [0.3, 0.4) is 0 Å². The van der Waals surface area contributed by atoms with Crippen molar-refractivity contribution in [2.75, 3.05) is 6.54 Å². The number of fused-ring (bicyclic) bond motifs is 1. The molecule has 4 aromatic rings. The summed E-state index contributed by atoms with van der Waals surface area (Å²) in [6.07, 6.45) is 0.632. The van der Waals surface area contributed by atoms with Gasteiger partial charge in [-0.25, -0.2) is 0 Å². The van der Waals surface area contributed by atoms with Gasteiger partial charge >= 0.3 is 0 Å². The highest BCUT2D eigenvalue weighted by molar-refractivity contribution is 6.38. The molecule has 0 saturated carbocycles. The Bertz CT molecular complexity index is 1830. The first-order valence-corrected chi connectivity index (χ1v) is 17.0. The van der Waals surface area contributed by atoms with Crippen molar-refractivity contribution in [3.8, 4) is 11.1 Å². The van der Waals surface area contributed by atoms with E-state index in [1.165, 1.54) is 6.92 Å². The summed E-state index contributed by atoms with van der Waals surface area (Å²) in [7, 11) is 0. The molecule has 0 radical (unpaired) electrons. The Morgan fingerprint density at radius 2 is 1.26 bits per heavy atom. The van der Waals surface area contributed by atoms with Crippen LogP contribution in [0.5, 0.6) is 0 Å². The summed E-state index contributed by atoms with van der Waals surface area (Å²) in [4.78, 5) is 76.6. The summed E-state index contributed by atoms with van der Waals surface area (Å²) in [5, 5.41) is 6.94. The zero-order chi connectivity index (χ0) is 36.2. The number of primary amides is 1. The van der Waals surface area contributed by atoms with Gasteiger partial charge in [0.2, 0.25) is 17.6 Å². The third-order valence-corrected chi connectivity index (χ3v) is 8.66. The highest BCUT2D eigenvalue weighted by Crippen LogP contribution is 2.22. The fourth-order valence-corrected chi connectivity index (χ4v) is 6.00. The van der Waals surface area contributed by atoms with E-state index in [4.69, 9.17) is 5.73 Å². The molecule has 1 unspecified atom stereocenters. The molecule has 3 amide bonds. The lowest BCUT2D eigenvalue weighted by Gasteiger charge is -2.21. The van der Waals surface area contributed by atoms with Crippen molar-refractivity contribution in [1.82, 2.24) is 10.6 Å². The molecule has 0 fully saturated rings. The first-order valence-electron chi connectivity index (χ1n) is 17.0. The molecule has 0 aromatic heterocycles. The van der Waals surface area contributed by atoms with Crippen LogP contribution in [0.1, 0.15) is 51.2 Å². The quantitative estimate of drug-likeness (QED) is 0.124. The van der Waals surface area contributed by atoms with Gasteiger partial charge in [0, 0.05) is 31.1 Å². The molecule has 4 aromatic carbocycles. The van der Waals surface area contributed by atoms with Crippen LogP contribution in [0.25, 0.3) is 21.9 Å². The fourth-order valence-electron chi connectivity index (χ4n) is 6.00. The standard InChI is InChI=1S/C41H45N3O6/c1-26(2)19-35(24-36(45)22-28-13-16-32(17-14-28)30-9-5-4-6-10-30)40(49)44-27(3)38(47)41(50)43-25-37(46)23-34(39(42)48)21-29-15-18-31-11-7-8-12-33(31)20-29/h4-18,20,26-27,34-35H,19,21-25H2,1-3H3,(H2,42,48)(H,43,50)(H,44,49)/t27?,34-,35-/m1/s1. The Labute approximate surface area is 293 Å². The minimum absolute atomic E-state index is 0.00764. The molecular weight excluding hydrogens is 630 g/mol. The van der Waals surface area contributed by atoms with Crippen LogP contribution >= 0.6 is 0 Å². The van der Waals surface area contributed by atoms with Crippen molar-refractivity contribution in [2.24, 2.45) is 23.5 Å². The molecule has 3 atom stereocenters. The molecular formula is C41H45N3O6. The van der Waals surface area contributed by atoms with Gasteiger partial charge in [0.1, 0.15) is 5.78 Å². The monoisotopic (exact) mass is 675 g/mol. The molecule has 0 saturated heterocycles. The molecule has 9 heteroatoms. The minimum atomic E-state index is -1.18. The van der Waals surface area contributed by atoms with E-state index >= 15 is 0 Å². The van der Waals surface area contributed by atoms with E-state index in [0.29, 0.717) is 6.42 Å². The van der Waals surface area contributed by atoms with Crippen molar-refractivity contribution < 1.29 is 28.8 Å². The molecule has 0 spiro atoms. The maximum atomic E-state index is 13.2. The summed E-state index contributed by atoms with van der Waals surface area (Å²) in [5.74, 6) is -5.03. The van der Waals surface area contributed by atoms with Crippen molar-refractivity contribution in [3.63, 3.8) is 0 Å². The third-order valence-electron chi connectivity index (χ3n) is 8.66. The second-order valence-corrected chi connectivity index (χ2v) is 13.3. The van der Waals surface area contributed by atoms with Crippen molar-refractivity contribution in [3.05, 3.63) is 108 Å². The average Bonchev–Trinajstić information content (AvgIpc) is 3.10. The number of carbonyl (C=O) groups excluding carboxylic acids is 6. The Balaban J connectivity index is 1.26. The summed E-state index contributed by atoms with van der Waals surface area (Å²) >= 11 is 0. The van der Waals surface area contributed by atoms with Crippen LogP contribution in [0.4, 0.5) is 0 Å². The van der Waals surface area contributed by atoms with E-state index in [0.717, 1.165) is 33.0 Å². The number of Topliss-reactive ketones (excluding diaryl/α,β-unsaturated/α-hetero) is 3. The molecule has 50 heavy (non-hydrogen) atoms. The number of hydrogen-bond donors (Lipinski definition) is 3. The van der Waals surface area contributed by atoms with Gasteiger partial charge in [-0.15, -0.1) is 0 Å². The van der Waals surface area contributed by atoms with E-state index in [9.17, 15) is 28.8 Å². The van der Waals surface area contributed by atoms with Crippen molar-refractivity contribution >= 4 is 45.8 Å². The first-order chi connectivity index (χ1) is 23.9. The second-order valence-electron chi connectivity index (χ2n) is 13.3. The fraction of sp³-hybridized carbons (Fsp3) is 0.317. The molecule has 9 nitrogen and oxygen atoms in total. The lowest BCUT2D eigenvalue weighted by atomic mass is 9.89. The van der Waals surface area contributed by atoms with Crippen molar-refractivity contribution in [2.45, 2.75) is 58.9 Å². The van der Waals surface area contributed by atoms with Gasteiger partial charge in [0.25, 0.3) is 5.91 Å². The van der Waals surface area contributed by atoms with Gasteiger partial charge in [-0.05, 0) is 58.7 Å². The molecule has 0 bridgehead atoms. The molecule has 0 aliphatic carbocycles. The van der Waals surface area contributed by atoms with Gasteiger partial charge in [0.15, 0.2) is 5.78 Å². The van der Waals surface area contributed by atoms with E-state index in [1.807, 2.05) is 111 Å². The van der Waals surface area contributed by atoms with Crippen LogP contribution in [0.15, 0.2) is 97.1 Å². The number of nitrogens with two attached hydrogens (primary N) is 1. The highest BCUT2D eigenvalue weighted by atomic mass is 16.2. The van der Waals surface area contributed by atoms with Crippen molar-refractivity contribution in [1.29, 1.82) is 0 Å². The highest BCUT2D eigenvalue weighted by Gasteiger charge is 2.29. The third kappa shape index (κ3) is 11.1. The van der Waals surface area contributed by atoms with E-state index in [-0.39, 0.29) is 37.4 Å². The molecule has 0 aliphatic rings.